The van der Waals surface area contributed by atoms with E-state index >= 15 is 0 Å². The van der Waals surface area contributed by atoms with Crippen molar-refractivity contribution in [3.8, 4) is 0 Å². The number of piperidine rings is 1. The summed E-state index contributed by atoms with van der Waals surface area (Å²) in [5, 5.41) is 25.5. The third-order valence-electron chi connectivity index (χ3n) is 7.07. The third-order valence-corrected chi connectivity index (χ3v) is 7.07. The SMILES string of the molecule is O=C(NCc1cc2n(n1)CCN(CC1[C@H]3CNC[C@@H]13)C2)C1CCC1.O=C(O)C(F)(F)F.O=C(O)C(F)(F)F. The largest absolute Gasteiger partial charge is 0.490 e. The highest BCUT2D eigenvalue weighted by atomic mass is 19.4. The number of nitrogens with one attached hydrogen (secondary N) is 2. The van der Waals surface area contributed by atoms with Crippen LogP contribution < -0.4 is 10.6 Å². The normalized spacial score (nSPS) is 24.4. The van der Waals surface area contributed by atoms with E-state index in [-0.39, 0.29) is 11.8 Å². The van der Waals surface area contributed by atoms with E-state index < -0.39 is 24.3 Å². The molecule has 3 fully saturated rings. The quantitative estimate of drug-likeness (QED) is 0.403. The molecular weight excluding hydrogens is 528 g/mol. The van der Waals surface area contributed by atoms with Crippen LogP contribution in [0.15, 0.2) is 6.07 Å². The highest BCUT2D eigenvalue weighted by molar-refractivity contribution is 5.79. The number of amides is 1. The van der Waals surface area contributed by atoms with Gasteiger partial charge in [-0.1, -0.05) is 6.42 Å². The van der Waals surface area contributed by atoms with Crippen molar-refractivity contribution in [1.29, 1.82) is 0 Å². The monoisotopic (exact) mass is 557 g/mol. The zero-order chi connectivity index (χ0) is 28.3. The molecule has 1 saturated heterocycles. The molecule has 3 atom stereocenters. The number of aliphatic carboxylic acids is 2. The Bertz CT molecular complexity index is 976. The number of fused-ring (bicyclic) bond motifs is 2. The molecule has 1 amide bonds. The first kappa shape index (κ1) is 29.7. The summed E-state index contributed by atoms with van der Waals surface area (Å²) >= 11 is 0. The molecule has 0 bridgehead atoms. The van der Waals surface area contributed by atoms with Gasteiger partial charge in [0.1, 0.15) is 0 Å². The summed E-state index contributed by atoms with van der Waals surface area (Å²) < 4.78 is 65.6. The van der Waals surface area contributed by atoms with Gasteiger partial charge in [0, 0.05) is 25.6 Å². The van der Waals surface area contributed by atoms with Crippen LogP contribution in [-0.2, 0) is 34.0 Å². The van der Waals surface area contributed by atoms with E-state index in [2.05, 4.69) is 31.4 Å². The molecule has 1 aromatic rings. The van der Waals surface area contributed by atoms with Crippen molar-refractivity contribution >= 4 is 17.8 Å². The topological polar surface area (TPSA) is 137 Å². The number of halogens is 6. The maximum absolute atomic E-state index is 12.0. The maximum atomic E-state index is 12.0. The Morgan fingerprint density at radius 1 is 1.00 bits per heavy atom. The molecule has 38 heavy (non-hydrogen) atoms. The highest BCUT2D eigenvalue weighted by Crippen LogP contribution is 2.49. The lowest BCUT2D eigenvalue weighted by Gasteiger charge is -2.28. The van der Waals surface area contributed by atoms with E-state index in [0.29, 0.717) is 6.54 Å². The Hall–Kier alpha value is -2.88. The number of alkyl halides is 6. The molecule has 16 heteroatoms. The minimum absolute atomic E-state index is 0.211. The number of carboxylic acid groups (broad SMARTS) is 2. The molecule has 214 valence electrons. The van der Waals surface area contributed by atoms with Crippen LogP contribution in [0, 0.1) is 23.7 Å². The summed E-state index contributed by atoms with van der Waals surface area (Å²) in [4.78, 5) is 32.3. The van der Waals surface area contributed by atoms with Crippen molar-refractivity contribution in [3.05, 3.63) is 17.5 Å². The maximum Gasteiger partial charge on any atom is 0.490 e. The van der Waals surface area contributed by atoms with Gasteiger partial charge in [0.2, 0.25) is 5.91 Å². The zero-order valence-electron chi connectivity index (χ0n) is 20.2. The molecule has 4 N–H and O–H groups in total. The van der Waals surface area contributed by atoms with E-state index in [4.69, 9.17) is 19.8 Å². The van der Waals surface area contributed by atoms with Crippen molar-refractivity contribution in [2.75, 3.05) is 26.2 Å². The van der Waals surface area contributed by atoms with E-state index in [1.54, 1.807) is 0 Å². The first-order valence-corrected chi connectivity index (χ1v) is 12.0. The second-order valence-corrected chi connectivity index (χ2v) is 9.69. The Labute approximate surface area is 213 Å². The number of nitrogens with zero attached hydrogens (tertiary/aromatic N) is 3. The number of carbonyl (C=O) groups is 3. The molecule has 1 unspecified atom stereocenters. The standard InChI is InChI=1S/C18H27N5O.2C2HF3O2/c24-18(12-2-1-3-12)20-7-13-6-14-10-22(4-5-23(14)21-13)11-17-15-8-19-9-16(15)17;2*3-2(4,5)1(6)7/h6,12,15-17,19H,1-5,7-11H2,(H,20,24);2*(H,6,7)/t15-,16+,17?;;. The fraction of sp³-hybridized carbons (Fsp3) is 0.727. The first-order chi connectivity index (χ1) is 17.7. The van der Waals surface area contributed by atoms with Gasteiger partial charge < -0.3 is 20.8 Å². The molecule has 0 radical (unpaired) electrons. The Morgan fingerprint density at radius 3 is 2.03 bits per heavy atom. The lowest BCUT2D eigenvalue weighted by molar-refractivity contribution is -0.193. The number of aromatic nitrogens is 2. The molecule has 5 rings (SSSR count). The summed E-state index contributed by atoms with van der Waals surface area (Å²) in [5.41, 5.74) is 2.31. The Balaban J connectivity index is 0.000000239. The lowest BCUT2D eigenvalue weighted by Crippen LogP contribution is -2.36. The van der Waals surface area contributed by atoms with E-state index in [0.717, 1.165) is 55.9 Å². The van der Waals surface area contributed by atoms with Gasteiger partial charge in [0.15, 0.2) is 0 Å². The fourth-order valence-electron chi connectivity index (χ4n) is 4.73. The smallest absolute Gasteiger partial charge is 0.475 e. The van der Waals surface area contributed by atoms with Crippen molar-refractivity contribution < 1.29 is 50.9 Å². The minimum atomic E-state index is -5.08. The van der Waals surface area contributed by atoms with Crippen LogP contribution in [0.3, 0.4) is 0 Å². The van der Waals surface area contributed by atoms with Gasteiger partial charge in [-0.05, 0) is 49.8 Å². The van der Waals surface area contributed by atoms with Gasteiger partial charge in [-0.25, -0.2) is 9.59 Å². The molecule has 0 spiro atoms. The van der Waals surface area contributed by atoms with E-state index in [9.17, 15) is 31.1 Å². The van der Waals surface area contributed by atoms with Gasteiger partial charge in [-0.2, -0.15) is 31.4 Å². The number of carbonyl (C=O) groups excluding carboxylic acids is 1. The molecule has 1 aromatic heterocycles. The Morgan fingerprint density at radius 2 is 1.55 bits per heavy atom. The average molecular weight is 557 g/mol. The van der Waals surface area contributed by atoms with Gasteiger partial charge >= 0.3 is 24.3 Å². The van der Waals surface area contributed by atoms with Crippen LogP contribution >= 0.6 is 0 Å². The third kappa shape index (κ3) is 8.06. The van der Waals surface area contributed by atoms with E-state index in [1.807, 2.05) is 0 Å². The van der Waals surface area contributed by atoms with Crippen LogP contribution in [0.4, 0.5) is 26.3 Å². The van der Waals surface area contributed by atoms with Crippen molar-refractivity contribution in [3.63, 3.8) is 0 Å². The molecule has 2 saturated carbocycles. The van der Waals surface area contributed by atoms with Crippen molar-refractivity contribution in [1.82, 2.24) is 25.3 Å². The second kappa shape index (κ2) is 11.9. The molecule has 0 aromatic carbocycles. The molecule has 10 nitrogen and oxygen atoms in total. The summed E-state index contributed by atoms with van der Waals surface area (Å²) in [7, 11) is 0. The first-order valence-electron chi connectivity index (χ1n) is 12.0. The fourth-order valence-corrected chi connectivity index (χ4v) is 4.73. The van der Waals surface area contributed by atoms with Crippen LogP contribution in [-0.4, -0.2) is 81.3 Å². The number of rotatable bonds is 5. The molecule has 3 heterocycles. The van der Waals surface area contributed by atoms with Crippen LogP contribution in [0.2, 0.25) is 0 Å². The van der Waals surface area contributed by atoms with Crippen LogP contribution in [0.5, 0.6) is 0 Å². The van der Waals surface area contributed by atoms with E-state index in [1.165, 1.54) is 31.7 Å². The Kier molecular flexibility index (Phi) is 9.28. The number of carboxylic acids is 2. The van der Waals surface area contributed by atoms with Gasteiger partial charge in [-0.15, -0.1) is 0 Å². The van der Waals surface area contributed by atoms with Crippen molar-refractivity contribution in [2.45, 2.75) is 51.2 Å². The average Bonchev–Trinajstić information content (AvgIpc) is 3.13. The predicted molar refractivity (Wildman–Crippen MR) is 117 cm³/mol. The van der Waals surface area contributed by atoms with Crippen molar-refractivity contribution in [2.24, 2.45) is 23.7 Å². The predicted octanol–water partition coefficient (Wildman–Crippen LogP) is 1.85. The van der Waals surface area contributed by atoms with Crippen LogP contribution in [0.1, 0.15) is 30.7 Å². The minimum Gasteiger partial charge on any atom is -0.475 e. The number of hydrogen-bond donors (Lipinski definition) is 4. The van der Waals surface area contributed by atoms with Gasteiger partial charge in [-0.3, -0.25) is 14.4 Å². The molecular formula is C22H29F6N5O5. The van der Waals surface area contributed by atoms with Gasteiger partial charge in [0.05, 0.1) is 24.5 Å². The van der Waals surface area contributed by atoms with Gasteiger partial charge in [0.25, 0.3) is 0 Å². The zero-order valence-corrected chi connectivity index (χ0v) is 20.2. The second-order valence-electron chi connectivity index (χ2n) is 9.69. The summed E-state index contributed by atoms with van der Waals surface area (Å²) in [6.07, 6.45) is -6.86. The molecule has 4 aliphatic rings. The molecule has 2 aliphatic heterocycles. The van der Waals surface area contributed by atoms with Crippen LogP contribution in [0.25, 0.3) is 0 Å². The lowest BCUT2D eigenvalue weighted by atomic mass is 9.85. The summed E-state index contributed by atoms with van der Waals surface area (Å²) in [6.45, 7) is 7.37. The summed E-state index contributed by atoms with van der Waals surface area (Å²) in [6, 6.07) is 2.18. The summed E-state index contributed by atoms with van der Waals surface area (Å²) in [5.74, 6) is -2.25. The number of hydrogen-bond acceptors (Lipinski definition) is 6. The highest BCUT2D eigenvalue weighted by Gasteiger charge is 2.53. The molecule has 2 aliphatic carbocycles.